The Hall–Kier alpha value is -4.14. The molecule has 0 spiro atoms. The highest BCUT2D eigenvalue weighted by Gasteiger charge is 2.22. The molecule has 8 nitrogen and oxygen atoms in total. The summed E-state index contributed by atoms with van der Waals surface area (Å²) in [5, 5.41) is 10.9. The fourth-order valence-corrected chi connectivity index (χ4v) is 4.66. The molecule has 1 aromatic carbocycles. The Balaban J connectivity index is 1.36. The zero-order valence-electron chi connectivity index (χ0n) is 18.3. The van der Waals surface area contributed by atoms with Crippen molar-refractivity contribution in [1.82, 2.24) is 30.1 Å². The summed E-state index contributed by atoms with van der Waals surface area (Å²) in [5.74, 6) is 0.165. The number of amides is 1. The number of carbonyl (C=O) groups is 1. The summed E-state index contributed by atoms with van der Waals surface area (Å²) in [6, 6.07) is 8.61. The molecule has 1 saturated carbocycles. The molecule has 0 bridgehead atoms. The van der Waals surface area contributed by atoms with Crippen LogP contribution in [-0.2, 0) is 4.79 Å². The van der Waals surface area contributed by atoms with Crippen molar-refractivity contribution in [2.24, 2.45) is 5.92 Å². The number of imidazole rings is 1. The van der Waals surface area contributed by atoms with E-state index in [-0.39, 0.29) is 11.8 Å². The number of hydrogen-bond donors (Lipinski definition) is 3. The van der Waals surface area contributed by atoms with Crippen LogP contribution in [0, 0.1) is 11.7 Å². The second kappa shape index (κ2) is 8.33. The standard InChI is InChI=1S/C25H22FN7O/c26-19-11-21-18(22(33-32-21)24-30-20-7-4-8-28-23(20)31-24)10-17(19)15-9-16(13-27-12-15)29-25(34)14-5-2-1-3-6-14/h4,7-14H,1-3,5-6H2,(H,29,34)(H,32,33)(H,28,30,31). The van der Waals surface area contributed by atoms with E-state index in [0.717, 1.165) is 31.2 Å². The molecule has 5 aromatic rings. The number of nitrogens with one attached hydrogen (secondary N) is 3. The van der Waals surface area contributed by atoms with E-state index in [1.165, 1.54) is 12.5 Å². The van der Waals surface area contributed by atoms with Crippen molar-refractivity contribution in [3.8, 4) is 22.6 Å². The Bertz CT molecular complexity index is 1480. The molecule has 4 heterocycles. The van der Waals surface area contributed by atoms with Gasteiger partial charge in [0.15, 0.2) is 11.5 Å². The van der Waals surface area contributed by atoms with Crippen LogP contribution < -0.4 is 5.32 Å². The predicted molar refractivity (Wildman–Crippen MR) is 127 cm³/mol. The minimum atomic E-state index is -0.411. The van der Waals surface area contributed by atoms with Crippen LogP contribution in [-0.4, -0.2) is 36.0 Å². The largest absolute Gasteiger partial charge is 0.335 e. The lowest BCUT2D eigenvalue weighted by molar-refractivity contribution is -0.120. The highest BCUT2D eigenvalue weighted by molar-refractivity contribution is 5.96. The van der Waals surface area contributed by atoms with Gasteiger partial charge in [0.05, 0.1) is 22.9 Å². The Morgan fingerprint density at radius 2 is 1.97 bits per heavy atom. The van der Waals surface area contributed by atoms with E-state index in [2.05, 4.69) is 35.5 Å². The Labute approximate surface area is 194 Å². The summed E-state index contributed by atoms with van der Waals surface area (Å²) < 4.78 is 15.1. The fraction of sp³-hybridized carbons (Fsp3) is 0.240. The van der Waals surface area contributed by atoms with Gasteiger partial charge in [0.25, 0.3) is 0 Å². The molecule has 0 aliphatic heterocycles. The van der Waals surface area contributed by atoms with Gasteiger partial charge in [0, 0.05) is 40.9 Å². The van der Waals surface area contributed by atoms with Crippen molar-refractivity contribution >= 4 is 33.7 Å². The van der Waals surface area contributed by atoms with Gasteiger partial charge >= 0.3 is 0 Å². The SMILES string of the molecule is O=C(Nc1cncc(-c2cc3c(-c4nc5ncccc5[nH]4)n[nH]c3cc2F)c1)C1CCCCC1. The number of H-pyrrole nitrogens is 2. The lowest BCUT2D eigenvalue weighted by atomic mass is 9.88. The monoisotopic (exact) mass is 455 g/mol. The Morgan fingerprint density at radius 3 is 2.82 bits per heavy atom. The lowest BCUT2D eigenvalue weighted by Crippen LogP contribution is -2.24. The van der Waals surface area contributed by atoms with Crippen molar-refractivity contribution in [3.63, 3.8) is 0 Å². The van der Waals surface area contributed by atoms with Crippen molar-refractivity contribution in [2.75, 3.05) is 5.32 Å². The number of fused-ring (bicyclic) bond motifs is 2. The number of carbonyl (C=O) groups excluding carboxylic acids is 1. The molecule has 0 saturated heterocycles. The molecule has 0 unspecified atom stereocenters. The number of halogens is 1. The first-order chi connectivity index (χ1) is 16.7. The molecule has 34 heavy (non-hydrogen) atoms. The van der Waals surface area contributed by atoms with Crippen LogP contribution in [0.25, 0.3) is 44.7 Å². The smallest absolute Gasteiger partial charge is 0.227 e. The van der Waals surface area contributed by atoms with Crippen LogP contribution in [0.4, 0.5) is 10.1 Å². The van der Waals surface area contributed by atoms with Gasteiger partial charge in [0.2, 0.25) is 5.91 Å². The third kappa shape index (κ3) is 3.68. The molecule has 170 valence electrons. The van der Waals surface area contributed by atoms with Crippen LogP contribution in [0.2, 0.25) is 0 Å². The van der Waals surface area contributed by atoms with E-state index in [1.807, 2.05) is 12.1 Å². The number of aromatic amines is 2. The number of pyridine rings is 2. The zero-order valence-corrected chi connectivity index (χ0v) is 18.3. The minimum absolute atomic E-state index is 0.00481. The lowest BCUT2D eigenvalue weighted by Gasteiger charge is -2.20. The van der Waals surface area contributed by atoms with Crippen molar-refractivity contribution in [3.05, 3.63) is 54.7 Å². The molecule has 9 heteroatoms. The number of rotatable bonds is 4. The average Bonchev–Trinajstić information content (AvgIpc) is 3.47. The van der Waals surface area contributed by atoms with Gasteiger partial charge in [-0.25, -0.2) is 14.4 Å². The maximum Gasteiger partial charge on any atom is 0.227 e. The van der Waals surface area contributed by atoms with Gasteiger partial charge in [-0.3, -0.25) is 14.9 Å². The molecule has 0 radical (unpaired) electrons. The molecule has 4 aromatic heterocycles. The summed E-state index contributed by atoms with van der Waals surface area (Å²) in [7, 11) is 0. The Kier molecular flexibility index (Phi) is 5.01. The van der Waals surface area contributed by atoms with Crippen molar-refractivity contribution in [1.29, 1.82) is 0 Å². The van der Waals surface area contributed by atoms with Gasteiger partial charge in [-0.2, -0.15) is 5.10 Å². The quantitative estimate of drug-likeness (QED) is 0.344. The number of hydrogen-bond acceptors (Lipinski definition) is 5. The summed E-state index contributed by atoms with van der Waals surface area (Å²) >= 11 is 0. The third-order valence-electron chi connectivity index (χ3n) is 6.42. The molecule has 1 fully saturated rings. The topological polar surface area (TPSA) is 112 Å². The van der Waals surface area contributed by atoms with E-state index in [1.54, 1.807) is 30.7 Å². The first-order valence-corrected chi connectivity index (χ1v) is 11.4. The Morgan fingerprint density at radius 1 is 1.09 bits per heavy atom. The molecule has 0 atom stereocenters. The van der Waals surface area contributed by atoms with E-state index in [0.29, 0.717) is 44.9 Å². The summed E-state index contributed by atoms with van der Waals surface area (Å²) in [6.45, 7) is 0. The summed E-state index contributed by atoms with van der Waals surface area (Å²) in [5.41, 5.74) is 4.00. The number of aromatic nitrogens is 6. The van der Waals surface area contributed by atoms with Gasteiger partial charge in [-0.15, -0.1) is 0 Å². The maximum atomic E-state index is 15.1. The molecular formula is C25H22FN7O. The van der Waals surface area contributed by atoms with Crippen LogP contribution in [0.15, 0.2) is 48.9 Å². The summed E-state index contributed by atoms with van der Waals surface area (Å²) in [4.78, 5) is 28.9. The first-order valence-electron chi connectivity index (χ1n) is 11.4. The molecular weight excluding hydrogens is 433 g/mol. The highest BCUT2D eigenvalue weighted by atomic mass is 19.1. The molecule has 1 aliphatic carbocycles. The molecule has 1 amide bonds. The minimum Gasteiger partial charge on any atom is -0.335 e. The molecule has 6 rings (SSSR count). The van der Waals surface area contributed by atoms with Crippen molar-refractivity contribution in [2.45, 2.75) is 32.1 Å². The molecule has 1 aliphatic rings. The van der Waals surface area contributed by atoms with E-state index in [9.17, 15) is 4.79 Å². The van der Waals surface area contributed by atoms with Gasteiger partial charge in [-0.1, -0.05) is 19.3 Å². The van der Waals surface area contributed by atoms with Crippen LogP contribution in [0.5, 0.6) is 0 Å². The number of benzene rings is 1. The van der Waals surface area contributed by atoms with Gasteiger partial charge < -0.3 is 10.3 Å². The maximum absolute atomic E-state index is 15.1. The average molecular weight is 455 g/mol. The fourth-order valence-electron chi connectivity index (χ4n) is 4.66. The van der Waals surface area contributed by atoms with Gasteiger partial charge in [-0.05, 0) is 37.1 Å². The normalized spacial score (nSPS) is 14.6. The second-order valence-electron chi connectivity index (χ2n) is 8.70. The highest BCUT2D eigenvalue weighted by Crippen LogP contribution is 2.33. The second-order valence-corrected chi connectivity index (χ2v) is 8.70. The number of anilines is 1. The summed E-state index contributed by atoms with van der Waals surface area (Å²) in [6.07, 6.45) is 10.0. The van der Waals surface area contributed by atoms with Crippen LogP contribution >= 0.6 is 0 Å². The van der Waals surface area contributed by atoms with E-state index >= 15 is 4.39 Å². The zero-order chi connectivity index (χ0) is 23.1. The van der Waals surface area contributed by atoms with Crippen LogP contribution in [0.3, 0.4) is 0 Å². The van der Waals surface area contributed by atoms with Crippen LogP contribution in [0.1, 0.15) is 32.1 Å². The first kappa shape index (κ1) is 20.5. The van der Waals surface area contributed by atoms with E-state index < -0.39 is 5.82 Å². The predicted octanol–water partition coefficient (Wildman–Crippen LogP) is 5.22. The van der Waals surface area contributed by atoms with E-state index in [4.69, 9.17) is 0 Å². The van der Waals surface area contributed by atoms with Crippen molar-refractivity contribution < 1.29 is 9.18 Å². The van der Waals surface area contributed by atoms with Gasteiger partial charge in [0.1, 0.15) is 11.5 Å². The molecule has 3 N–H and O–H groups in total. The number of nitrogens with zero attached hydrogens (tertiary/aromatic N) is 4. The third-order valence-corrected chi connectivity index (χ3v) is 6.42.